The molecule has 1 saturated carbocycles. The number of hydrogen-bond donors (Lipinski definition) is 0. The number of aryl methyl sites for hydroxylation is 1. The van der Waals surface area contributed by atoms with E-state index in [2.05, 4.69) is 81.3 Å². The van der Waals surface area contributed by atoms with Crippen molar-refractivity contribution in [3.8, 4) is 12.1 Å². The molecule has 3 aromatic rings. The van der Waals surface area contributed by atoms with Crippen molar-refractivity contribution < 1.29 is 4.74 Å². The van der Waals surface area contributed by atoms with E-state index < -0.39 is 0 Å². The summed E-state index contributed by atoms with van der Waals surface area (Å²) in [5.74, 6) is 1.01. The van der Waals surface area contributed by atoms with Crippen LogP contribution in [0, 0.1) is 23.7 Å². The van der Waals surface area contributed by atoms with E-state index >= 15 is 0 Å². The molecule has 1 unspecified atom stereocenters. The summed E-state index contributed by atoms with van der Waals surface area (Å²) in [5.41, 5.74) is 5.11. The predicted molar refractivity (Wildman–Crippen MR) is 176 cm³/mol. The van der Waals surface area contributed by atoms with E-state index in [0.29, 0.717) is 19.0 Å². The number of hydrogen-bond acceptors (Lipinski definition) is 8. The number of likely N-dealkylation sites (tertiary alicyclic amines) is 1. The zero-order valence-electron chi connectivity index (χ0n) is 26.3. The molecule has 2 saturated heterocycles. The van der Waals surface area contributed by atoms with Crippen molar-refractivity contribution in [2.45, 2.75) is 65.0 Å². The van der Waals surface area contributed by atoms with Gasteiger partial charge in [0.25, 0.3) is 0 Å². The average molecular weight is 592 g/mol. The zero-order valence-corrected chi connectivity index (χ0v) is 26.3. The lowest BCUT2D eigenvalue weighted by molar-refractivity contribution is 0.169. The summed E-state index contributed by atoms with van der Waals surface area (Å²) in [6.07, 6.45) is 10.6. The lowest BCUT2D eigenvalue weighted by Gasteiger charge is -2.42. The molecule has 4 aliphatic rings. The van der Waals surface area contributed by atoms with Crippen LogP contribution in [0.5, 0.6) is 6.01 Å². The molecule has 8 nitrogen and oxygen atoms in total. The maximum Gasteiger partial charge on any atom is 0.318 e. The van der Waals surface area contributed by atoms with Crippen LogP contribution in [-0.4, -0.2) is 78.2 Å². The Bertz CT molecular complexity index is 1560. The van der Waals surface area contributed by atoms with E-state index in [1.54, 1.807) is 0 Å². The fourth-order valence-corrected chi connectivity index (χ4v) is 7.58. The molecule has 44 heavy (non-hydrogen) atoms. The molecule has 1 aromatic heterocycles. The number of piperazine rings is 1. The SMILES string of the molecule is CC=CN1CCN(c2nc(OCC3(CN4CCCC4)CC3)nc3c2CCN(c2cccc4cccc(C)c24)C3)CC1CC#N. The van der Waals surface area contributed by atoms with Crippen molar-refractivity contribution in [2.24, 2.45) is 5.41 Å². The minimum atomic E-state index is 0.133. The number of nitrogens with zero attached hydrogens (tertiary/aromatic N) is 7. The minimum absolute atomic E-state index is 0.133. The molecule has 0 amide bonds. The summed E-state index contributed by atoms with van der Waals surface area (Å²) in [5, 5.41) is 12.2. The molecule has 7 rings (SSSR count). The van der Waals surface area contributed by atoms with Gasteiger partial charge >= 0.3 is 6.01 Å². The van der Waals surface area contributed by atoms with E-state index in [1.807, 2.05) is 6.92 Å². The number of benzene rings is 2. The van der Waals surface area contributed by atoms with Crippen LogP contribution in [0.25, 0.3) is 10.8 Å². The molecule has 0 radical (unpaired) electrons. The van der Waals surface area contributed by atoms with Crippen LogP contribution in [0.15, 0.2) is 48.7 Å². The Morgan fingerprint density at radius 1 is 1.02 bits per heavy atom. The van der Waals surface area contributed by atoms with Crippen LogP contribution in [0.2, 0.25) is 0 Å². The van der Waals surface area contributed by atoms with E-state index in [9.17, 15) is 5.26 Å². The van der Waals surface area contributed by atoms with Gasteiger partial charge in [0.15, 0.2) is 0 Å². The summed E-state index contributed by atoms with van der Waals surface area (Å²) in [4.78, 5) is 20.1. The molecule has 8 heteroatoms. The Kier molecular flexibility index (Phi) is 8.07. The first kappa shape index (κ1) is 28.9. The Morgan fingerprint density at radius 2 is 1.84 bits per heavy atom. The van der Waals surface area contributed by atoms with Gasteiger partial charge in [-0.15, -0.1) is 0 Å². The standard InChI is InChI=1S/C36H45N7O/c1-3-17-41-21-22-43(23-29(41)12-16-37)34-30-13-20-42(32-11-7-10-28-9-6-8-27(2)33(28)32)24-31(30)38-35(39-34)44-26-36(14-15-36)25-40-18-4-5-19-40/h3,6-11,17,29H,4-5,12-15,18-26H2,1-2H3. The van der Waals surface area contributed by atoms with Crippen molar-refractivity contribution in [3.05, 3.63) is 65.5 Å². The number of fused-ring (bicyclic) bond motifs is 2. The topological polar surface area (TPSA) is 71.8 Å². The van der Waals surface area contributed by atoms with Gasteiger partial charge in [0.1, 0.15) is 5.82 Å². The van der Waals surface area contributed by atoms with Crippen LogP contribution in [0.1, 0.15) is 55.8 Å². The van der Waals surface area contributed by atoms with E-state index in [-0.39, 0.29) is 11.5 Å². The van der Waals surface area contributed by atoms with Crippen molar-refractivity contribution in [1.29, 1.82) is 5.26 Å². The van der Waals surface area contributed by atoms with Crippen LogP contribution < -0.4 is 14.5 Å². The van der Waals surface area contributed by atoms with Gasteiger partial charge in [-0.25, -0.2) is 0 Å². The maximum atomic E-state index is 9.61. The first-order chi connectivity index (χ1) is 21.6. The second kappa shape index (κ2) is 12.3. The van der Waals surface area contributed by atoms with Crippen LogP contribution in [-0.2, 0) is 13.0 Å². The van der Waals surface area contributed by atoms with Gasteiger partial charge in [-0.05, 0) is 82.3 Å². The first-order valence-corrected chi connectivity index (χ1v) is 16.5. The lowest BCUT2D eigenvalue weighted by Crippen LogP contribution is -2.51. The van der Waals surface area contributed by atoms with Gasteiger partial charge < -0.3 is 24.3 Å². The molecule has 1 aliphatic carbocycles. The smallest absolute Gasteiger partial charge is 0.318 e. The Balaban J connectivity index is 1.20. The van der Waals surface area contributed by atoms with Crippen molar-refractivity contribution in [3.63, 3.8) is 0 Å². The predicted octanol–water partition coefficient (Wildman–Crippen LogP) is 5.69. The molecular weight excluding hydrogens is 546 g/mol. The molecule has 230 valence electrons. The van der Waals surface area contributed by atoms with Gasteiger partial charge in [-0.2, -0.15) is 15.2 Å². The number of ether oxygens (including phenoxy) is 1. The molecule has 4 heterocycles. The second-order valence-corrected chi connectivity index (χ2v) is 13.3. The molecule has 0 N–H and O–H groups in total. The molecule has 0 bridgehead atoms. The molecular formula is C36H45N7O. The Hall–Kier alpha value is -3.83. The third kappa shape index (κ3) is 5.82. The Morgan fingerprint density at radius 3 is 2.61 bits per heavy atom. The molecule has 1 atom stereocenters. The van der Waals surface area contributed by atoms with E-state index in [4.69, 9.17) is 14.7 Å². The zero-order chi connectivity index (χ0) is 30.1. The quantitative estimate of drug-likeness (QED) is 0.314. The van der Waals surface area contributed by atoms with Crippen molar-refractivity contribution >= 4 is 22.3 Å². The lowest BCUT2D eigenvalue weighted by atomic mass is 9.99. The highest BCUT2D eigenvalue weighted by Crippen LogP contribution is 2.47. The fourth-order valence-electron chi connectivity index (χ4n) is 7.58. The van der Waals surface area contributed by atoms with Gasteiger partial charge in [0, 0.05) is 54.8 Å². The number of aromatic nitrogens is 2. The maximum absolute atomic E-state index is 9.61. The summed E-state index contributed by atoms with van der Waals surface area (Å²) in [7, 11) is 0. The Labute approximate surface area is 261 Å². The highest BCUT2D eigenvalue weighted by Gasteiger charge is 2.45. The molecule has 3 aliphatic heterocycles. The highest BCUT2D eigenvalue weighted by atomic mass is 16.5. The first-order valence-electron chi connectivity index (χ1n) is 16.5. The largest absolute Gasteiger partial charge is 0.463 e. The summed E-state index contributed by atoms with van der Waals surface area (Å²) in [6.45, 7) is 12.6. The van der Waals surface area contributed by atoms with E-state index in [0.717, 1.165) is 57.2 Å². The van der Waals surface area contributed by atoms with E-state index in [1.165, 1.54) is 66.4 Å². The summed E-state index contributed by atoms with van der Waals surface area (Å²) in [6, 6.07) is 16.2. The monoisotopic (exact) mass is 591 g/mol. The number of anilines is 2. The highest BCUT2D eigenvalue weighted by molar-refractivity contribution is 5.97. The molecule has 0 spiro atoms. The van der Waals surface area contributed by atoms with Gasteiger partial charge in [-0.3, -0.25) is 0 Å². The summed E-state index contributed by atoms with van der Waals surface area (Å²) < 4.78 is 6.54. The third-order valence-electron chi connectivity index (χ3n) is 10.2. The van der Waals surface area contributed by atoms with Gasteiger partial charge in [-0.1, -0.05) is 36.4 Å². The van der Waals surface area contributed by atoms with Crippen LogP contribution in [0.3, 0.4) is 0 Å². The summed E-state index contributed by atoms with van der Waals surface area (Å²) >= 11 is 0. The van der Waals surface area contributed by atoms with Crippen LogP contribution in [0.4, 0.5) is 11.5 Å². The van der Waals surface area contributed by atoms with Crippen molar-refractivity contribution in [2.75, 3.05) is 62.2 Å². The third-order valence-corrected chi connectivity index (χ3v) is 10.2. The molecule has 3 fully saturated rings. The number of rotatable bonds is 9. The average Bonchev–Trinajstić information content (AvgIpc) is 3.61. The van der Waals surface area contributed by atoms with Gasteiger partial charge in [0.05, 0.1) is 37.4 Å². The number of nitriles is 1. The number of allylic oxidation sites excluding steroid dienone is 1. The van der Waals surface area contributed by atoms with Crippen molar-refractivity contribution in [1.82, 2.24) is 19.8 Å². The fraction of sp³-hybridized carbons (Fsp3) is 0.528. The minimum Gasteiger partial charge on any atom is -0.463 e. The van der Waals surface area contributed by atoms with Crippen LogP contribution >= 0.6 is 0 Å². The normalized spacial score (nSPS) is 21.6. The van der Waals surface area contributed by atoms with Gasteiger partial charge in [0.2, 0.25) is 0 Å². The molecule has 2 aromatic carbocycles. The second-order valence-electron chi connectivity index (χ2n) is 13.3.